The molecule has 0 amide bonds. The first-order chi connectivity index (χ1) is 16.2. The summed E-state index contributed by atoms with van der Waals surface area (Å²) in [5, 5.41) is 0. The number of benzene rings is 2. The monoisotopic (exact) mass is 486 g/mol. The summed E-state index contributed by atoms with van der Waals surface area (Å²) in [6.07, 6.45) is 9.77. The van der Waals surface area contributed by atoms with E-state index in [1.807, 2.05) is 36.5 Å². The van der Waals surface area contributed by atoms with Crippen LogP contribution in [0, 0.1) is 12.7 Å². The third kappa shape index (κ3) is 3.78. The lowest BCUT2D eigenvalue weighted by atomic mass is 9.99. The summed E-state index contributed by atoms with van der Waals surface area (Å²) in [6.45, 7) is 1.90. The molecule has 1 atom stereocenters. The van der Waals surface area contributed by atoms with E-state index < -0.39 is 0 Å². The average Bonchev–Trinajstić information content (AvgIpc) is 3.59. The van der Waals surface area contributed by atoms with E-state index in [0.717, 1.165) is 43.9 Å². The fraction of sp³-hybridized carbons (Fsp3) is 0.111. The summed E-state index contributed by atoms with van der Waals surface area (Å²) in [5.41, 5.74) is 5.57. The molecule has 33 heavy (non-hydrogen) atoms. The molecule has 1 aliphatic rings. The molecule has 5 aromatic rings. The van der Waals surface area contributed by atoms with Gasteiger partial charge in [-0.3, -0.25) is 0 Å². The number of aromatic nitrogens is 2. The molecular formula is C27H19FN2S3. The molecule has 2 aromatic carbocycles. The Hall–Kier alpha value is -2.93. The van der Waals surface area contributed by atoms with Gasteiger partial charge in [-0.05, 0) is 49.2 Å². The van der Waals surface area contributed by atoms with Crippen LogP contribution in [0.25, 0.3) is 42.4 Å². The van der Waals surface area contributed by atoms with Crippen molar-refractivity contribution in [2.24, 2.45) is 0 Å². The van der Waals surface area contributed by atoms with E-state index in [1.54, 1.807) is 17.4 Å². The number of nitrogens with zero attached hydrogens (tertiary/aromatic N) is 2. The van der Waals surface area contributed by atoms with Crippen LogP contribution >= 0.6 is 34.4 Å². The zero-order chi connectivity index (χ0) is 22.4. The first kappa shape index (κ1) is 20.7. The molecule has 0 bridgehead atoms. The van der Waals surface area contributed by atoms with Crippen LogP contribution < -0.4 is 0 Å². The number of aryl methyl sites for hydroxylation is 1. The SMILES string of the molecule is Cc1ccc(-c2ccc(-c3ccc(-c4ccc(C5C=CC=CC5)s4)c4nsnc34)s2)c(F)c1. The Balaban J connectivity index is 1.38. The van der Waals surface area contributed by atoms with Crippen molar-refractivity contribution in [3.8, 4) is 31.3 Å². The van der Waals surface area contributed by atoms with E-state index in [0.29, 0.717) is 11.5 Å². The highest BCUT2D eigenvalue weighted by Crippen LogP contribution is 2.42. The van der Waals surface area contributed by atoms with Crippen molar-refractivity contribution in [1.29, 1.82) is 0 Å². The molecule has 3 aromatic heterocycles. The molecule has 3 heterocycles. The summed E-state index contributed by atoms with van der Waals surface area (Å²) in [7, 11) is 0. The van der Waals surface area contributed by atoms with E-state index in [2.05, 4.69) is 63.4 Å². The quantitative estimate of drug-likeness (QED) is 0.253. The Labute approximate surface area is 203 Å². The largest absolute Gasteiger partial charge is 0.206 e. The first-order valence-corrected chi connectivity index (χ1v) is 13.1. The lowest BCUT2D eigenvalue weighted by molar-refractivity contribution is 0.630. The normalized spacial score (nSPS) is 15.5. The number of hydrogen-bond donors (Lipinski definition) is 0. The maximum absolute atomic E-state index is 14.5. The molecule has 2 nitrogen and oxygen atoms in total. The maximum Gasteiger partial charge on any atom is 0.132 e. The Morgan fingerprint density at radius 1 is 0.788 bits per heavy atom. The average molecular weight is 487 g/mol. The van der Waals surface area contributed by atoms with Crippen molar-refractivity contribution in [1.82, 2.24) is 8.75 Å². The molecular weight excluding hydrogens is 468 g/mol. The van der Waals surface area contributed by atoms with E-state index in [1.165, 1.54) is 21.5 Å². The van der Waals surface area contributed by atoms with Crippen LogP contribution in [0.5, 0.6) is 0 Å². The van der Waals surface area contributed by atoms with Crippen LogP contribution in [0.15, 0.2) is 78.9 Å². The Morgan fingerprint density at radius 3 is 2.15 bits per heavy atom. The van der Waals surface area contributed by atoms with Crippen molar-refractivity contribution >= 4 is 45.4 Å². The van der Waals surface area contributed by atoms with E-state index in [9.17, 15) is 4.39 Å². The molecule has 0 radical (unpaired) electrons. The van der Waals surface area contributed by atoms with Crippen LogP contribution in [0.3, 0.4) is 0 Å². The molecule has 0 saturated carbocycles. The van der Waals surface area contributed by atoms with Crippen LogP contribution in [-0.2, 0) is 0 Å². The topological polar surface area (TPSA) is 25.8 Å². The van der Waals surface area contributed by atoms with E-state index in [4.69, 9.17) is 0 Å². The number of rotatable bonds is 4. The van der Waals surface area contributed by atoms with E-state index >= 15 is 0 Å². The predicted octanol–water partition coefficient (Wildman–Crippen LogP) is 8.86. The van der Waals surface area contributed by atoms with Gasteiger partial charge in [0, 0.05) is 42.1 Å². The third-order valence-corrected chi connectivity index (χ3v) is 8.85. The molecule has 0 saturated heterocycles. The minimum atomic E-state index is -0.184. The lowest BCUT2D eigenvalue weighted by Gasteiger charge is -2.10. The molecule has 6 heteroatoms. The van der Waals surface area contributed by atoms with Crippen molar-refractivity contribution in [3.63, 3.8) is 0 Å². The first-order valence-electron chi connectivity index (χ1n) is 10.7. The standard InChI is InChI=1S/C27H19FN2S3/c1-16-7-8-18(21(28)15-16)23-13-14-25(32-23)20-10-9-19(26-27(20)30-33-29-26)24-12-11-22(31-24)17-5-3-2-4-6-17/h2-5,7-15,17H,6H2,1H3. The summed E-state index contributed by atoms with van der Waals surface area (Å²) in [5.74, 6) is 0.264. The lowest BCUT2D eigenvalue weighted by Crippen LogP contribution is -1.91. The van der Waals surface area contributed by atoms with Gasteiger partial charge in [-0.25, -0.2) is 4.39 Å². The number of thiophene rings is 2. The molecule has 1 aliphatic carbocycles. The van der Waals surface area contributed by atoms with Gasteiger partial charge in [0.1, 0.15) is 16.9 Å². The van der Waals surface area contributed by atoms with Crippen LogP contribution in [0.1, 0.15) is 22.8 Å². The van der Waals surface area contributed by atoms with Gasteiger partial charge in [-0.1, -0.05) is 48.6 Å². The minimum Gasteiger partial charge on any atom is -0.206 e. The molecule has 162 valence electrons. The minimum absolute atomic E-state index is 0.184. The van der Waals surface area contributed by atoms with Crippen molar-refractivity contribution in [2.75, 3.05) is 0 Å². The van der Waals surface area contributed by atoms with Gasteiger partial charge in [-0.15, -0.1) is 22.7 Å². The Bertz CT molecular complexity index is 1540. The second-order valence-corrected chi connectivity index (χ2v) is 10.9. The second-order valence-electron chi connectivity index (χ2n) is 8.13. The smallest absolute Gasteiger partial charge is 0.132 e. The molecule has 0 fully saturated rings. The van der Waals surface area contributed by atoms with Gasteiger partial charge in [0.2, 0.25) is 0 Å². The van der Waals surface area contributed by atoms with Crippen LogP contribution in [0.2, 0.25) is 0 Å². The zero-order valence-electron chi connectivity index (χ0n) is 17.8. The summed E-state index contributed by atoms with van der Waals surface area (Å²) >= 11 is 4.66. The third-order valence-electron chi connectivity index (χ3n) is 5.92. The fourth-order valence-corrected chi connectivity index (χ4v) is 6.96. The molecule has 6 rings (SSSR count). The van der Waals surface area contributed by atoms with Gasteiger partial charge in [0.15, 0.2) is 0 Å². The highest BCUT2D eigenvalue weighted by atomic mass is 32.1. The molecule has 0 spiro atoms. The number of hydrogen-bond acceptors (Lipinski definition) is 5. The highest BCUT2D eigenvalue weighted by Gasteiger charge is 2.18. The zero-order valence-corrected chi connectivity index (χ0v) is 20.2. The Morgan fingerprint density at radius 2 is 1.45 bits per heavy atom. The fourth-order valence-electron chi connectivity index (χ4n) is 4.20. The summed E-state index contributed by atoms with van der Waals surface area (Å²) < 4.78 is 23.8. The Kier molecular flexibility index (Phi) is 5.29. The number of allylic oxidation sites excluding steroid dienone is 4. The van der Waals surface area contributed by atoms with Crippen LogP contribution in [-0.4, -0.2) is 8.75 Å². The molecule has 1 unspecified atom stereocenters. The van der Waals surface area contributed by atoms with Crippen LogP contribution in [0.4, 0.5) is 4.39 Å². The predicted molar refractivity (Wildman–Crippen MR) is 140 cm³/mol. The van der Waals surface area contributed by atoms with Gasteiger partial charge in [0.05, 0.1) is 11.7 Å². The number of fused-ring (bicyclic) bond motifs is 1. The second kappa shape index (κ2) is 8.45. The van der Waals surface area contributed by atoms with Crippen molar-refractivity contribution in [3.05, 3.63) is 95.2 Å². The van der Waals surface area contributed by atoms with Gasteiger partial charge >= 0.3 is 0 Å². The maximum atomic E-state index is 14.5. The van der Waals surface area contributed by atoms with Crippen molar-refractivity contribution < 1.29 is 4.39 Å². The van der Waals surface area contributed by atoms with E-state index in [-0.39, 0.29) is 5.82 Å². The van der Waals surface area contributed by atoms with Crippen molar-refractivity contribution in [2.45, 2.75) is 19.3 Å². The van der Waals surface area contributed by atoms with Gasteiger partial charge < -0.3 is 0 Å². The molecule has 0 N–H and O–H groups in total. The van der Waals surface area contributed by atoms with Gasteiger partial charge in [-0.2, -0.15) is 8.75 Å². The summed E-state index contributed by atoms with van der Waals surface area (Å²) in [4.78, 5) is 4.57. The summed E-state index contributed by atoms with van der Waals surface area (Å²) in [6, 6.07) is 18.1. The molecule has 0 aliphatic heterocycles. The number of halogens is 1. The highest BCUT2D eigenvalue weighted by molar-refractivity contribution is 7.19. The van der Waals surface area contributed by atoms with Gasteiger partial charge in [0.25, 0.3) is 0 Å².